The van der Waals surface area contributed by atoms with E-state index in [2.05, 4.69) is 15.2 Å². The zero-order chi connectivity index (χ0) is 10.7. The first kappa shape index (κ1) is 9.92. The lowest BCUT2D eigenvalue weighted by molar-refractivity contribution is -0.655. The van der Waals surface area contributed by atoms with E-state index in [9.17, 15) is 9.90 Å². The number of carboxylic acids is 1. The fourth-order valence-electron chi connectivity index (χ4n) is 1.70. The second-order valence-corrected chi connectivity index (χ2v) is 3.54. The van der Waals surface area contributed by atoms with Crippen molar-refractivity contribution in [3.05, 3.63) is 23.9 Å². The minimum absolute atomic E-state index is 0.189. The molecule has 5 nitrogen and oxygen atoms in total. The molecule has 0 amide bonds. The maximum atomic E-state index is 10.7. The van der Waals surface area contributed by atoms with Gasteiger partial charge in [0.1, 0.15) is 5.82 Å². The first-order valence-corrected chi connectivity index (χ1v) is 5.01. The van der Waals surface area contributed by atoms with E-state index in [1.54, 1.807) is 6.07 Å². The number of aromatic nitrogens is 1. The van der Waals surface area contributed by atoms with Crippen LogP contribution in [0.3, 0.4) is 0 Å². The lowest BCUT2D eigenvalue weighted by Crippen LogP contribution is -2.89. The molecule has 0 aromatic carbocycles. The van der Waals surface area contributed by atoms with Gasteiger partial charge in [-0.3, -0.25) is 0 Å². The highest BCUT2D eigenvalue weighted by Gasteiger charge is 2.13. The summed E-state index contributed by atoms with van der Waals surface area (Å²) in [4.78, 5) is 16.9. The van der Waals surface area contributed by atoms with Crippen LogP contribution < -0.4 is 15.3 Å². The van der Waals surface area contributed by atoms with E-state index in [1.807, 2.05) is 0 Å². The lowest BCUT2D eigenvalue weighted by Gasteiger charge is -2.26. The molecule has 1 saturated heterocycles. The van der Waals surface area contributed by atoms with Gasteiger partial charge in [0.2, 0.25) is 0 Å². The Hall–Kier alpha value is -1.62. The third kappa shape index (κ3) is 2.24. The maximum Gasteiger partial charge on any atom is 0.129 e. The van der Waals surface area contributed by atoms with Crippen molar-refractivity contribution in [2.75, 3.05) is 31.1 Å². The van der Waals surface area contributed by atoms with E-state index in [1.165, 1.54) is 12.3 Å². The summed E-state index contributed by atoms with van der Waals surface area (Å²) in [5, 5.41) is 12.9. The van der Waals surface area contributed by atoms with Gasteiger partial charge in [0, 0.05) is 11.8 Å². The van der Waals surface area contributed by atoms with Crippen molar-refractivity contribution in [2.45, 2.75) is 0 Å². The molecule has 2 heterocycles. The smallest absolute Gasteiger partial charge is 0.129 e. The molecule has 0 unspecified atom stereocenters. The van der Waals surface area contributed by atoms with Crippen LogP contribution in [0, 0.1) is 0 Å². The highest BCUT2D eigenvalue weighted by Crippen LogP contribution is 2.11. The highest BCUT2D eigenvalue weighted by atomic mass is 16.4. The van der Waals surface area contributed by atoms with E-state index >= 15 is 0 Å². The van der Waals surface area contributed by atoms with Crippen LogP contribution in [0.1, 0.15) is 10.4 Å². The fraction of sp³-hybridized carbons (Fsp3) is 0.400. The van der Waals surface area contributed by atoms with Gasteiger partial charge >= 0.3 is 0 Å². The summed E-state index contributed by atoms with van der Waals surface area (Å²) in [7, 11) is 0. The molecule has 1 aromatic heterocycles. The minimum Gasteiger partial charge on any atom is -0.545 e. The van der Waals surface area contributed by atoms with Gasteiger partial charge in [-0.25, -0.2) is 4.98 Å². The molecule has 2 N–H and O–H groups in total. The zero-order valence-corrected chi connectivity index (χ0v) is 8.35. The number of carbonyl (C=O) groups excluding carboxylic acids is 1. The molecule has 1 aliphatic rings. The summed E-state index contributed by atoms with van der Waals surface area (Å²) in [6.07, 6.45) is 1.51. The predicted octanol–water partition coefficient (Wildman–Crippen LogP) is -2.17. The van der Waals surface area contributed by atoms with Crippen LogP contribution >= 0.6 is 0 Å². The van der Waals surface area contributed by atoms with Gasteiger partial charge in [0.15, 0.2) is 0 Å². The van der Waals surface area contributed by atoms with Crippen molar-refractivity contribution >= 4 is 11.8 Å². The standard InChI is InChI=1S/C10H13N3O2/c14-10(15)8-1-2-12-9(7-8)13-5-3-11-4-6-13/h1-2,7,11H,3-6H2,(H,14,15). The first-order valence-electron chi connectivity index (χ1n) is 5.01. The number of anilines is 1. The van der Waals surface area contributed by atoms with Crippen LogP contribution in [-0.4, -0.2) is 37.1 Å². The monoisotopic (exact) mass is 207 g/mol. The van der Waals surface area contributed by atoms with Crippen LogP contribution in [0.25, 0.3) is 0 Å². The number of carbonyl (C=O) groups is 1. The second-order valence-electron chi connectivity index (χ2n) is 3.54. The van der Waals surface area contributed by atoms with E-state index in [0.717, 1.165) is 32.0 Å². The predicted molar refractivity (Wildman–Crippen MR) is 52.4 cm³/mol. The molecular formula is C10H13N3O2. The fourth-order valence-corrected chi connectivity index (χ4v) is 1.70. The third-order valence-corrected chi connectivity index (χ3v) is 2.51. The molecule has 0 spiro atoms. The third-order valence-electron chi connectivity index (χ3n) is 2.51. The Morgan fingerprint density at radius 1 is 1.47 bits per heavy atom. The molecule has 1 fully saturated rings. The van der Waals surface area contributed by atoms with Crippen LogP contribution in [0.2, 0.25) is 0 Å². The topological polar surface area (TPSA) is 72.9 Å². The van der Waals surface area contributed by atoms with Crippen molar-refractivity contribution < 1.29 is 15.2 Å². The van der Waals surface area contributed by atoms with Gasteiger partial charge in [0.05, 0.1) is 32.1 Å². The maximum absolute atomic E-state index is 10.7. The van der Waals surface area contributed by atoms with Crippen molar-refractivity contribution in [2.24, 2.45) is 0 Å². The van der Waals surface area contributed by atoms with Gasteiger partial charge in [0.25, 0.3) is 0 Å². The summed E-state index contributed by atoms with van der Waals surface area (Å²) in [6.45, 7) is 3.86. The average Bonchev–Trinajstić information content (AvgIpc) is 2.30. The normalized spacial score (nSPS) is 16.4. The van der Waals surface area contributed by atoms with Crippen LogP contribution in [0.15, 0.2) is 18.3 Å². The largest absolute Gasteiger partial charge is 0.545 e. The summed E-state index contributed by atoms with van der Waals surface area (Å²) in [5.41, 5.74) is 0.189. The zero-order valence-electron chi connectivity index (χ0n) is 8.35. The molecule has 0 aliphatic carbocycles. The lowest BCUT2D eigenvalue weighted by atomic mass is 10.2. The minimum atomic E-state index is -1.15. The van der Waals surface area contributed by atoms with E-state index in [4.69, 9.17) is 0 Å². The Labute approximate surface area is 87.7 Å². The number of piperazine rings is 1. The number of nitrogens with zero attached hydrogens (tertiary/aromatic N) is 2. The molecule has 0 bridgehead atoms. The number of rotatable bonds is 2. The SMILES string of the molecule is O=C([O-])c1ccnc(N2CC[NH2+]CC2)c1. The van der Waals surface area contributed by atoms with Gasteiger partial charge < -0.3 is 20.1 Å². The molecule has 0 saturated carbocycles. The molecule has 15 heavy (non-hydrogen) atoms. The molecule has 80 valence electrons. The molecule has 1 aliphatic heterocycles. The van der Waals surface area contributed by atoms with Gasteiger partial charge in [-0.1, -0.05) is 0 Å². The number of aromatic carboxylic acids is 1. The Morgan fingerprint density at radius 2 is 2.20 bits per heavy atom. The molecule has 0 radical (unpaired) electrons. The van der Waals surface area contributed by atoms with Gasteiger partial charge in [-0.15, -0.1) is 0 Å². The average molecular weight is 207 g/mol. The number of nitrogens with two attached hydrogens (primary N) is 1. The van der Waals surface area contributed by atoms with Gasteiger partial charge in [-0.05, 0) is 12.1 Å². The number of carboxylic acid groups (broad SMARTS) is 1. The quantitative estimate of drug-likeness (QED) is 0.599. The highest BCUT2D eigenvalue weighted by molar-refractivity contribution is 5.86. The molecule has 2 rings (SSSR count). The molecule has 0 atom stereocenters. The van der Waals surface area contributed by atoms with Crippen molar-refractivity contribution in [1.82, 2.24) is 4.98 Å². The molecular weight excluding hydrogens is 194 g/mol. The number of quaternary nitrogens is 1. The Kier molecular flexibility index (Phi) is 2.82. The summed E-state index contributed by atoms with van der Waals surface area (Å²) < 4.78 is 0. The summed E-state index contributed by atoms with van der Waals surface area (Å²) in [5.74, 6) is -0.424. The Morgan fingerprint density at radius 3 is 2.87 bits per heavy atom. The second kappa shape index (κ2) is 4.27. The van der Waals surface area contributed by atoms with E-state index < -0.39 is 5.97 Å². The Bertz CT molecular complexity index is 361. The molecule has 5 heteroatoms. The van der Waals surface area contributed by atoms with Crippen molar-refractivity contribution in [1.29, 1.82) is 0 Å². The number of pyridine rings is 1. The number of hydrogen-bond acceptors (Lipinski definition) is 4. The van der Waals surface area contributed by atoms with E-state index in [0.29, 0.717) is 0 Å². The summed E-state index contributed by atoms with van der Waals surface area (Å²) in [6, 6.07) is 3.02. The van der Waals surface area contributed by atoms with Crippen molar-refractivity contribution in [3.63, 3.8) is 0 Å². The van der Waals surface area contributed by atoms with E-state index in [-0.39, 0.29) is 5.56 Å². The summed E-state index contributed by atoms with van der Waals surface area (Å²) >= 11 is 0. The Balaban J connectivity index is 2.19. The van der Waals surface area contributed by atoms with Crippen molar-refractivity contribution in [3.8, 4) is 0 Å². The molecule has 1 aromatic rings. The van der Waals surface area contributed by atoms with Gasteiger partial charge in [-0.2, -0.15) is 0 Å². The first-order chi connectivity index (χ1) is 7.27. The van der Waals surface area contributed by atoms with Crippen LogP contribution in [0.4, 0.5) is 5.82 Å². The number of hydrogen-bond donors (Lipinski definition) is 1. The van der Waals surface area contributed by atoms with Crippen LogP contribution in [-0.2, 0) is 0 Å². The van der Waals surface area contributed by atoms with Crippen LogP contribution in [0.5, 0.6) is 0 Å².